The van der Waals surface area contributed by atoms with E-state index in [1.54, 1.807) is 0 Å². The lowest BCUT2D eigenvalue weighted by molar-refractivity contribution is -0.133. The first kappa shape index (κ1) is 21.2. The molecule has 0 aliphatic carbocycles. The monoisotopic (exact) mass is 414 g/mol. The van der Waals surface area contributed by atoms with E-state index in [0.717, 1.165) is 33.8 Å². The summed E-state index contributed by atoms with van der Waals surface area (Å²) in [5, 5.41) is 0. The van der Waals surface area contributed by atoms with Crippen LogP contribution in [0.4, 0.5) is 0 Å². The van der Waals surface area contributed by atoms with E-state index >= 15 is 0 Å². The van der Waals surface area contributed by atoms with Crippen molar-refractivity contribution in [1.82, 2.24) is 0 Å². The predicted molar refractivity (Wildman–Crippen MR) is 124 cm³/mol. The van der Waals surface area contributed by atoms with Gasteiger partial charge in [-0.2, -0.15) is 0 Å². The van der Waals surface area contributed by atoms with E-state index in [1.165, 1.54) is 5.56 Å². The fourth-order valence-electron chi connectivity index (χ4n) is 3.97. The zero-order valence-corrected chi connectivity index (χ0v) is 18.9. The molecule has 0 radical (unpaired) electrons. The Labute approximate surface area is 185 Å². The zero-order valence-electron chi connectivity index (χ0n) is 18.9. The standard InChI is InChI=1S/C28H30O3/c1-18(2)23-15-21(28(3,4)5)16-24-25(27(29)31-26(23)24)20-11-13-22(14-12-20)30-17-19-9-7-6-8-10-19/h6-16,18,25H,17H2,1-5H3. The van der Waals surface area contributed by atoms with Gasteiger partial charge in [0, 0.05) is 5.56 Å². The second-order valence-electron chi connectivity index (χ2n) is 9.59. The van der Waals surface area contributed by atoms with Gasteiger partial charge in [-0.1, -0.05) is 89.2 Å². The van der Waals surface area contributed by atoms with Crippen molar-refractivity contribution in [3.8, 4) is 11.5 Å². The van der Waals surface area contributed by atoms with Gasteiger partial charge in [0.25, 0.3) is 0 Å². The number of rotatable bonds is 5. The lowest BCUT2D eigenvalue weighted by atomic mass is 9.80. The molecule has 0 aromatic heterocycles. The summed E-state index contributed by atoms with van der Waals surface area (Å²) in [5.41, 5.74) is 5.33. The van der Waals surface area contributed by atoms with Crippen molar-refractivity contribution in [3.63, 3.8) is 0 Å². The summed E-state index contributed by atoms with van der Waals surface area (Å²) in [6, 6.07) is 22.2. The highest BCUT2D eigenvalue weighted by atomic mass is 16.5. The molecule has 0 saturated carbocycles. The van der Waals surface area contributed by atoms with Crippen molar-refractivity contribution >= 4 is 5.97 Å². The van der Waals surface area contributed by atoms with Gasteiger partial charge in [-0.05, 0) is 45.7 Å². The molecule has 4 rings (SSSR count). The molecule has 1 heterocycles. The normalized spacial score (nSPS) is 15.7. The zero-order chi connectivity index (χ0) is 22.2. The highest BCUT2D eigenvalue weighted by Gasteiger charge is 2.37. The van der Waals surface area contributed by atoms with Crippen molar-refractivity contribution in [3.05, 3.63) is 94.5 Å². The molecule has 0 spiro atoms. The molecular formula is C28H30O3. The lowest BCUT2D eigenvalue weighted by Crippen LogP contribution is -2.13. The first-order valence-electron chi connectivity index (χ1n) is 10.9. The summed E-state index contributed by atoms with van der Waals surface area (Å²) < 4.78 is 11.7. The summed E-state index contributed by atoms with van der Waals surface area (Å²) in [5.74, 6) is 1.18. The Morgan fingerprint density at radius 3 is 2.26 bits per heavy atom. The lowest BCUT2D eigenvalue weighted by Gasteiger charge is -2.23. The van der Waals surface area contributed by atoms with Crippen LogP contribution in [0.2, 0.25) is 0 Å². The third kappa shape index (κ3) is 4.36. The molecule has 1 aliphatic heterocycles. The largest absolute Gasteiger partial charge is 0.489 e. The number of hydrogen-bond acceptors (Lipinski definition) is 3. The Kier molecular flexibility index (Phi) is 5.62. The molecule has 3 nitrogen and oxygen atoms in total. The summed E-state index contributed by atoms with van der Waals surface area (Å²) in [6.07, 6.45) is 0. The fourth-order valence-corrected chi connectivity index (χ4v) is 3.97. The molecule has 1 unspecified atom stereocenters. The van der Waals surface area contributed by atoms with Crippen LogP contribution >= 0.6 is 0 Å². The third-order valence-corrected chi connectivity index (χ3v) is 5.85. The minimum Gasteiger partial charge on any atom is -0.489 e. The number of benzene rings is 3. The average molecular weight is 415 g/mol. The van der Waals surface area contributed by atoms with Crippen molar-refractivity contribution in [2.45, 2.75) is 58.5 Å². The van der Waals surface area contributed by atoms with Crippen LogP contribution in [0.1, 0.15) is 74.3 Å². The third-order valence-electron chi connectivity index (χ3n) is 5.85. The predicted octanol–water partition coefficient (Wildman–Crippen LogP) is 6.74. The number of esters is 1. The summed E-state index contributed by atoms with van der Waals surface area (Å²) in [7, 11) is 0. The Hall–Kier alpha value is -3.07. The maximum absolute atomic E-state index is 12.9. The van der Waals surface area contributed by atoms with E-state index in [0.29, 0.717) is 6.61 Å². The number of ether oxygens (including phenoxy) is 2. The van der Waals surface area contributed by atoms with Crippen LogP contribution in [0.25, 0.3) is 0 Å². The second kappa shape index (κ2) is 8.22. The molecule has 160 valence electrons. The summed E-state index contributed by atoms with van der Waals surface area (Å²) >= 11 is 0. The first-order valence-corrected chi connectivity index (χ1v) is 10.9. The maximum atomic E-state index is 12.9. The van der Waals surface area contributed by atoms with Crippen LogP contribution in [0.15, 0.2) is 66.7 Å². The van der Waals surface area contributed by atoms with Gasteiger partial charge >= 0.3 is 5.97 Å². The highest BCUT2D eigenvalue weighted by Crippen LogP contribution is 2.46. The molecular weight excluding hydrogens is 384 g/mol. The maximum Gasteiger partial charge on any atom is 0.323 e. The fraction of sp³-hybridized carbons (Fsp3) is 0.321. The van der Waals surface area contributed by atoms with E-state index in [-0.39, 0.29) is 17.3 Å². The average Bonchev–Trinajstić information content (AvgIpc) is 3.07. The van der Waals surface area contributed by atoms with E-state index in [2.05, 4.69) is 46.8 Å². The minimum absolute atomic E-state index is 0.00993. The molecule has 3 aromatic rings. The smallest absolute Gasteiger partial charge is 0.323 e. The van der Waals surface area contributed by atoms with Gasteiger partial charge in [0.1, 0.15) is 24.0 Å². The van der Waals surface area contributed by atoms with Crippen LogP contribution in [0.3, 0.4) is 0 Å². The molecule has 0 N–H and O–H groups in total. The van der Waals surface area contributed by atoms with Crippen LogP contribution < -0.4 is 9.47 Å². The molecule has 3 heteroatoms. The van der Waals surface area contributed by atoms with E-state index in [1.807, 2.05) is 54.6 Å². The van der Waals surface area contributed by atoms with Crippen molar-refractivity contribution in [2.24, 2.45) is 0 Å². The van der Waals surface area contributed by atoms with E-state index in [4.69, 9.17) is 9.47 Å². The quantitative estimate of drug-likeness (QED) is 0.343. The molecule has 0 amide bonds. The first-order chi connectivity index (χ1) is 14.7. The highest BCUT2D eigenvalue weighted by molar-refractivity contribution is 5.90. The van der Waals surface area contributed by atoms with Gasteiger partial charge in [-0.15, -0.1) is 0 Å². The Morgan fingerprint density at radius 2 is 1.65 bits per heavy atom. The van der Waals surface area contributed by atoms with Crippen molar-refractivity contribution in [1.29, 1.82) is 0 Å². The van der Waals surface area contributed by atoms with Gasteiger partial charge in [0.05, 0.1) is 0 Å². The molecule has 0 bridgehead atoms. The van der Waals surface area contributed by atoms with Crippen LogP contribution in [0, 0.1) is 0 Å². The Balaban J connectivity index is 1.64. The van der Waals surface area contributed by atoms with Gasteiger partial charge in [-0.25, -0.2) is 0 Å². The van der Waals surface area contributed by atoms with E-state index in [9.17, 15) is 4.79 Å². The van der Waals surface area contributed by atoms with Gasteiger partial charge in [-0.3, -0.25) is 4.79 Å². The van der Waals surface area contributed by atoms with Crippen molar-refractivity contribution in [2.75, 3.05) is 0 Å². The molecule has 3 aromatic carbocycles. The molecule has 31 heavy (non-hydrogen) atoms. The summed E-state index contributed by atoms with van der Waals surface area (Å²) in [4.78, 5) is 12.9. The molecule has 0 saturated heterocycles. The Bertz CT molecular complexity index is 1070. The second-order valence-corrected chi connectivity index (χ2v) is 9.59. The molecule has 1 aliphatic rings. The molecule has 1 atom stereocenters. The minimum atomic E-state index is -0.405. The Morgan fingerprint density at radius 1 is 0.968 bits per heavy atom. The van der Waals surface area contributed by atoms with Gasteiger partial charge in [0.15, 0.2) is 0 Å². The molecule has 0 fully saturated rings. The number of hydrogen-bond donors (Lipinski definition) is 0. The number of carbonyl (C=O) groups excluding carboxylic acids is 1. The SMILES string of the molecule is CC(C)c1cc(C(C)(C)C)cc2c1OC(=O)C2c1ccc(OCc2ccccc2)cc1. The van der Waals surface area contributed by atoms with Crippen molar-refractivity contribution < 1.29 is 14.3 Å². The van der Waals surface area contributed by atoms with Crippen LogP contribution in [-0.4, -0.2) is 5.97 Å². The topological polar surface area (TPSA) is 35.5 Å². The van der Waals surface area contributed by atoms with Crippen LogP contribution in [-0.2, 0) is 16.8 Å². The van der Waals surface area contributed by atoms with Gasteiger partial charge in [0.2, 0.25) is 0 Å². The number of fused-ring (bicyclic) bond motifs is 1. The van der Waals surface area contributed by atoms with Gasteiger partial charge < -0.3 is 9.47 Å². The van der Waals surface area contributed by atoms with E-state index < -0.39 is 5.92 Å². The number of carbonyl (C=O) groups is 1. The van der Waals surface area contributed by atoms with Crippen LogP contribution in [0.5, 0.6) is 11.5 Å². The summed E-state index contributed by atoms with van der Waals surface area (Å²) in [6.45, 7) is 11.4.